The van der Waals surface area contributed by atoms with Crippen molar-refractivity contribution < 1.29 is 20.1 Å². The number of aliphatic hydroxyl groups is 3. The summed E-state index contributed by atoms with van der Waals surface area (Å²) < 4.78 is 7.49. The fourth-order valence-corrected chi connectivity index (χ4v) is 2.82. The molecule has 3 rings (SSSR count). The lowest BCUT2D eigenvalue weighted by Gasteiger charge is -2.16. The number of hydrogen-bond donors (Lipinski definition) is 4. The number of hydrogen-bond acceptors (Lipinski definition) is 8. The number of nitrogens with two attached hydrogens (primary N) is 1. The monoisotopic (exact) mass is 393 g/mol. The van der Waals surface area contributed by atoms with E-state index < -0.39 is 31.1 Å². The Labute approximate surface area is 126 Å². The summed E-state index contributed by atoms with van der Waals surface area (Å²) in [6.45, 7) is -0.393. The first-order valence-corrected chi connectivity index (χ1v) is 6.88. The molecule has 0 aromatic carbocycles. The van der Waals surface area contributed by atoms with Crippen molar-refractivity contribution in [2.45, 2.75) is 24.5 Å². The van der Waals surface area contributed by atoms with Gasteiger partial charge in [0.25, 0.3) is 0 Å². The van der Waals surface area contributed by atoms with Crippen molar-refractivity contribution >= 4 is 39.7 Å². The molecule has 9 nitrogen and oxygen atoms in total. The number of imidazole rings is 1. The Morgan fingerprint density at radius 3 is 2.75 bits per heavy atom. The van der Waals surface area contributed by atoms with E-state index >= 15 is 0 Å². The van der Waals surface area contributed by atoms with Gasteiger partial charge in [-0.1, -0.05) is 0 Å². The van der Waals surface area contributed by atoms with Gasteiger partial charge in [-0.25, -0.2) is 9.97 Å². The molecule has 0 spiro atoms. The van der Waals surface area contributed by atoms with E-state index in [9.17, 15) is 10.2 Å². The van der Waals surface area contributed by atoms with Crippen molar-refractivity contribution in [3.63, 3.8) is 0 Å². The van der Waals surface area contributed by atoms with Gasteiger partial charge in [-0.3, -0.25) is 4.57 Å². The van der Waals surface area contributed by atoms with Crippen LogP contribution in [0.4, 0.5) is 5.95 Å². The Balaban J connectivity index is 2.07. The molecule has 0 amide bonds. The quantitative estimate of drug-likeness (QED) is 0.362. The zero-order valence-electron chi connectivity index (χ0n) is 10.1. The van der Waals surface area contributed by atoms with Crippen molar-refractivity contribution in [2.75, 3.05) is 12.3 Å². The van der Waals surface area contributed by atoms with E-state index in [1.165, 1.54) is 10.9 Å². The molecule has 1 saturated heterocycles. The van der Waals surface area contributed by atoms with Gasteiger partial charge in [-0.2, -0.15) is 4.98 Å². The molecule has 0 radical (unpaired) electrons. The minimum absolute atomic E-state index is 0.0791. The zero-order valence-corrected chi connectivity index (χ0v) is 12.2. The number of nitrogen functional groups attached to an aromatic ring is 1. The van der Waals surface area contributed by atoms with Crippen molar-refractivity contribution in [3.05, 3.63) is 10.0 Å². The molecule has 2 aromatic rings. The van der Waals surface area contributed by atoms with Crippen LogP contribution in [0.15, 0.2) is 6.33 Å². The highest BCUT2D eigenvalue weighted by Crippen LogP contribution is 2.31. The zero-order chi connectivity index (χ0) is 14.4. The number of ether oxygens (including phenoxy) is 1. The van der Waals surface area contributed by atoms with Gasteiger partial charge in [0.05, 0.1) is 12.9 Å². The lowest BCUT2D eigenvalue weighted by Crippen LogP contribution is -2.33. The van der Waals surface area contributed by atoms with Gasteiger partial charge in [0.2, 0.25) is 5.95 Å². The van der Waals surface area contributed by atoms with Gasteiger partial charge >= 0.3 is 0 Å². The summed E-state index contributed by atoms with van der Waals surface area (Å²) in [5.41, 5.74) is 6.53. The SMILES string of the molecule is Nc1nc(I)c2ncn([C@@H]3O[C@@H](CO)[C@@H](O)[C@@H]3O)c2n1. The number of rotatable bonds is 2. The summed E-state index contributed by atoms with van der Waals surface area (Å²) in [6.07, 6.45) is -2.69. The van der Waals surface area contributed by atoms with Gasteiger partial charge in [0.15, 0.2) is 11.9 Å². The second kappa shape index (κ2) is 5.04. The third kappa shape index (κ3) is 2.03. The Hall–Kier alpha value is -1.08. The molecule has 0 aliphatic carbocycles. The number of aromatic nitrogens is 4. The maximum atomic E-state index is 10.0. The van der Waals surface area contributed by atoms with E-state index in [0.717, 1.165) is 0 Å². The summed E-state index contributed by atoms with van der Waals surface area (Å²) in [7, 11) is 0. The summed E-state index contributed by atoms with van der Waals surface area (Å²) in [5, 5.41) is 28.9. The van der Waals surface area contributed by atoms with Crippen molar-refractivity contribution in [3.8, 4) is 0 Å². The van der Waals surface area contributed by atoms with Crippen molar-refractivity contribution in [1.29, 1.82) is 0 Å². The summed E-state index contributed by atoms with van der Waals surface area (Å²) >= 11 is 1.98. The van der Waals surface area contributed by atoms with Crippen LogP contribution in [0, 0.1) is 3.70 Å². The molecule has 5 N–H and O–H groups in total. The maximum Gasteiger partial charge on any atom is 0.223 e. The van der Waals surface area contributed by atoms with Crippen LogP contribution >= 0.6 is 22.6 Å². The van der Waals surface area contributed by atoms with Gasteiger partial charge < -0.3 is 25.8 Å². The summed E-state index contributed by atoms with van der Waals surface area (Å²) in [4.78, 5) is 12.2. The molecule has 0 unspecified atom stereocenters. The van der Waals surface area contributed by atoms with Crippen LogP contribution in [0.3, 0.4) is 0 Å². The average molecular weight is 393 g/mol. The fourth-order valence-electron chi connectivity index (χ4n) is 2.19. The van der Waals surface area contributed by atoms with Crippen LogP contribution in [0.1, 0.15) is 6.23 Å². The highest BCUT2D eigenvalue weighted by molar-refractivity contribution is 14.1. The first kappa shape index (κ1) is 13.9. The highest BCUT2D eigenvalue weighted by Gasteiger charge is 2.44. The Kier molecular flexibility index (Phi) is 3.50. The standard InChI is InChI=1S/C10H12IN5O4/c11-7-4-8(15-10(12)14-7)16(2-13-4)9-6(19)5(18)3(1-17)20-9/h2-3,5-6,9,17-19H,1H2,(H2,12,14,15)/t3-,5+,6-,9+/m0/s1. The smallest absolute Gasteiger partial charge is 0.223 e. The molecular formula is C10H12IN5O4. The van der Waals surface area contributed by atoms with E-state index in [2.05, 4.69) is 15.0 Å². The largest absolute Gasteiger partial charge is 0.394 e. The minimum Gasteiger partial charge on any atom is -0.394 e. The van der Waals surface area contributed by atoms with Crippen molar-refractivity contribution in [2.24, 2.45) is 0 Å². The molecule has 0 saturated carbocycles. The van der Waals surface area contributed by atoms with Crippen LogP contribution in [-0.4, -0.2) is 59.8 Å². The molecular weight excluding hydrogens is 381 g/mol. The summed E-state index contributed by atoms with van der Waals surface area (Å²) in [6, 6.07) is 0. The molecule has 108 valence electrons. The number of halogens is 1. The normalized spacial score (nSPS) is 30.2. The highest BCUT2D eigenvalue weighted by atomic mass is 127. The topological polar surface area (TPSA) is 140 Å². The third-order valence-corrected chi connectivity index (χ3v) is 3.94. The molecule has 3 heterocycles. The first-order chi connectivity index (χ1) is 9.52. The van der Waals surface area contributed by atoms with E-state index in [4.69, 9.17) is 15.6 Å². The van der Waals surface area contributed by atoms with E-state index in [0.29, 0.717) is 14.9 Å². The second-order valence-corrected chi connectivity index (χ2v) is 5.45. The molecule has 1 aliphatic heterocycles. The second-order valence-electron chi connectivity index (χ2n) is 4.43. The number of fused-ring (bicyclic) bond motifs is 1. The van der Waals surface area contributed by atoms with Crippen LogP contribution in [0.25, 0.3) is 11.2 Å². The van der Waals surface area contributed by atoms with Crippen LogP contribution < -0.4 is 5.73 Å². The van der Waals surface area contributed by atoms with Crippen LogP contribution in [0.5, 0.6) is 0 Å². The average Bonchev–Trinajstić information content (AvgIpc) is 2.93. The molecule has 4 atom stereocenters. The summed E-state index contributed by atoms with van der Waals surface area (Å²) in [5.74, 6) is 0.0791. The van der Waals surface area contributed by atoms with Gasteiger partial charge in [0, 0.05) is 0 Å². The number of anilines is 1. The molecule has 10 heteroatoms. The molecule has 1 aliphatic rings. The predicted molar refractivity (Wildman–Crippen MR) is 75.5 cm³/mol. The van der Waals surface area contributed by atoms with E-state index in [-0.39, 0.29) is 5.95 Å². The van der Waals surface area contributed by atoms with Crippen LogP contribution in [0.2, 0.25) is 0 Å². The molecule has 20 heavy (non-hydrogen) atoms. The molecule has 1 fully saturated rings. The Bertz CT molecular complexity index is 650. The van der Waals surface area contributed by atoms with Crippen LogP contribution in [-0.2, 0) is 4.74 Å². The minimum atomic E-state index is -1.20. The van der Waals surface area contributed by atoms with Gasteiger partial charge in [-0.15, -0.1) is 0 Å². The third-order valence-electron chi connectivity index (χ3n) is 3.19. The van der Waals surface area contributed by atoms with Gasteiger partial charge in [0.1, 0.15) is 27.5 Å². The van der Waals surface area contributed by atoms with Crippen molar-refractivity contribution in [1.82, 2.24) is 19.5 Å². The maximum absolute atomic E-state index is 10.0. The lowest BCUT2D eigenvalue weighted by atomic mass is 10.1. The van der Waals surface area contributed by atoms with Gasteiger partial charge in [-0.05, 0) is 22.6 Å². The number of aliphatic hydroxyl groups excluding tert-OH is 3. The van der Waals surface area contributed by atoms with E-state index in [1.807, 2.05) is 22.6 Å². The lowest BCUT2D eigenvalue weighted by molar-refractivity contribution is -0.0511. The molecule has 2 aromatic heterocycles. The predicted octanol–water partition coefficient (Wildman–Crippen LogP) is -1.38. The molecule has 0 bridgehead atoms. The Morgan fingerprint density at radius 2 is 2.10 bits per heavy atom. The first-order valence-electron chi connectivity index (χ1n) is 5.81. The van der Waals surface area contributed by atoms with E-state index in [1.54, 1.807) is 0 Å². The fraction of sp³-hybridized carbons (Fsp3) is 0.500. The Morgan fingerprint density at radius 1 is 1.35 bits per heavy atom. The number of nitrogens with zero attached hydrogens (tertiary/aromatic N) is 4.